The average Bonchev–Trinajstić information content (AvgIpc) is 3.03. The van der Waals surface area contributed by atoms with E-state index in [4.69, 9.17) is 14.5 Å². The van der Waals surface area contributed by atoms with Gasteiger partial charge in [-0.1, -0.05) is 23.1 Å². The van der Waals surface area contributed by atoms with E-state index in [1.807, 2.05) is 23.1 Å². The van der Waals surface area contributed by atoms with Crippen LogP contribution in [0.15, 0.2) is 30.5 Å². The zero-order chi connectivity index (χ0) is 22.6. The summed E-state index contributed by atoms with van der Waals surface area (Å²) in [5.74, 6) is 7.32. The third-order valence-electron chi connectivity index (χ3n) is 6.02. The Morgan fingerprint density at radius 3 is 2.91 bits per heavy atom. The number of hydrogen-bond acceptors (Lipinski definition) is 7. The van der Waals surface area contributed by atoms with Crippen molar-refractivity contribution in [1.82, 2.24) is 25.0 Å². The van der Waals surface area contributed by atoms with Gasteiger partial charge in [-0.15, -0.1) is 5.10 Å². The van der Waals surface area contributed by atoms with Gasteiger partial charge in [0, 0.05) is 19.8 Å². The molecule has 1 saturated heterocycles. The van der Waals surface area contributed by atoms with Gasteiger partial charge >= 0.3 is 0 Å². The Labute approximate surface area is 189 Å². The fourth-order valence-electron chi connectivity index (χ4n) is 4.29. The average molecular weight is 444 g/mol. The van der Waals surface area contributed by atoms with Gasteiger partial charge in [-0.2, -0.15) is 0 Å². The first-order chi connectivity index (χ1) is 16.0. The van der Waals surface area contributed by atoms with E-state index < -0.39 is 5.82 Å². The number of para-hydroxylation sites is 1. The number of benzene rings is 1. The van der Waals surface area contributed by atoms with E-state index in [0.29, 0.717) is 60.0 Å². The van der Waals surface area contributed by atoms with Crippen LogP contribution in [-0.2, 0) is 11.8 Å². The maximum Gasteiger partial charge on any atom is 0.206 e. The van der Waals surface area contributed by atoms with Crippen molar-refractivity contribution in [3.63, 3.8) is 0 Å². The van der Waals surface area contributed by atoms with Gasteiger partial charge in [-0.05, 0) is 31.5 Å². The molecule has 2 aliphatic rings. The molecule has 6 rings (SSSR count). The van der Waals surface area contributed by atoms with E-state index in [-0.39, 0.29) is 5.41 Å². The van der Waals surface area contributed by atoms with E-state index >= 15 is 4.39 Å². The fraction of sp³-hybridized carbons (Fsp3) is 0.333. The molecule has 0 saturated carbocycles. The molecule has 1 aromatic carbocycles. The topological polar surface area (TPSA) is 78.2 Å². The van der Waals surface area contributed by atoms with Gasteiger partial charge in [0.1, 0.15) is 22.7 Å². The number of anilines is 2. The zero-order valence-electron chi connectivity index (χ0n) is 18.3. The van der Waals surface area contributed by atoms with E-state index in [0.717, 1.165) is 17.7 Å². The van der Waals surface area contributed by atoms with Crippen LogP contribution in [0.3, 0.4) is 0 Å². The number of aryl methyl sites for hydroxylation is 1. The van der Waals surface area contributed by atoms with Crippen molar-refractivity contribution >= 4 is 33.6 Å². The van der Waals surface area contributed by atoms with Crippen molar-refractivity contribution < 1.29 is 13.9 Å². The van der Waals surface area contributed by atoms with Gasteiger partial charge in [0.25, 0.3) is 0 Å². The highest BCUT2D eigenvalue weighted by atomic mass is 19.1. The molecule has 2 aliphatic heterocycles. The van der Waals surface area contributed by atoms with Crippen molar-refractivity contribution in [3.05, 3.63) is 41.8 Å². The second-order valence-electron chi connectivity index (χ2n) is 8.65. The predicted molar refractivity (Wildman–Crippen MR) is 121 cm³/mol. The Balaban J connectivity index is 1.57. The van der Waals surface area contributed by atoms with Crippen LogP contribution in [-0.4, -0.2) is 51.3 Å². The molecule has 0 N–H and O–H groups in total. The molecule has 0 radical (unpaired) electrons. The highest BCUT2D eigenvalue weighted by molar-refractivity contribution is 6.06. The molecule has 0 aliphatic carbocycles. The summed E-state index contributed by atoms with van der Waals surface area (Å²) < 4.78 is 28.2. The Hall–Kier alpha value is -3.77. The summed E-state index contributed by atoms with van der Waals surface area (Å²) >= 11 is 0. The lowest BCUT2D eigenvalue weighted by Gasteiger charge is -2.32. The van der Waals surface area contributed by atoms with Gasteiger partial charge in [0.2, 0.25) is 5.65 Å². The molecule has 4 aromatic rings. The molecule has 9 heteroatoms. The molecule has 0 spiro atoms. The molecule has 0 unspecified atom stereocenters. The van der Waals surface area contributed by atoms with Crippen molar-refractivity contribution in [2.75, 3.05) is 31.3 Å². The quantitative estimate of drug-likeness (QED) is 0.417. The van der Waals surface area contributed by atoms with Gasteiger partial charge < -0.3 is 14.4 Å². The Kier molecular flexibility index (Phi) is 4.45. The second-order valence-corrected chi connectivity index (χ2v) is 8.65. The normalized spacial score (nSPS) is 17.0. The molecule has 0 amide bonds. The molecule has 0 bridgehead atoms. The van der Waals surface area contributed by atoms with Crippen molar-refractivity contribution in [3.8, 4) is 17.6 Å². The number of aromatic nitrogens is 5. The molecule has 166 valence electrons. The second kappa shape index (κ2) is 7.39. The monoisotopic (exact) mass is 444 g/mol. The van der Waals surface area contributed by atoms with Crippen LogP contribution in [0.25, 0.3) is 22.1 Å². The summed E-state index contributed by atoms with van der Waals surface area (Å²) in [5, 5.41) is 8.57. The first-order valence-electron chi connectivity index (χ1n) is 10.8. The number of rotatable bonds is 1. The maximum atomic E-state index is 15.2. The largest absolute Gasteiger partial charge is 0.490 e. The summed E-state index contributed by atoms with van der Waals surface area (Å²) in [5.41, 5.74) is 2.92. The van der Waals surface area contributed by atoms with Gasteiger partial charge in [-0.25, -0.2) is 14.1 Å². The van der Waals surface area contributed by atoms with E-state index in [1.54, 1.807) is 11.7 Å². The molecule has 5 heterocycles. The first kappa shape index (κ1) is 19.9. The predicted octanol–water partition coefficient (Wildman–Crippen LogP) is 3.36. The SMILES string of the molecule is Cn1nnc2nc(N3CCCOc4c(C#CC5(C)COC5)cccc43)c3c(F)ccnc3c21. The van der Waals surface area contributed by atoms with Crippen molar-refractivity contribution in [2.24, 2.45) is 12.5 Å². The summed E-state index contributed by atoms with van der Waals surface area (Å²) in [6.45, 7) is 4.46. The minimum absolute atomic E-state index is 0.142. The number of ether oxygens (including phenoxy) is 2. The summed E-state index contributed by atoms with van der Waals surface area (Å²) in [6.07, 6.45) is 2.18. The van der Waals surface area contributed by atoms with Gasteiger partial charge in [0.05, 0.1) is 41.9 Å². The maximum absolute atomic E-state index is 15.2. The van der Waals surface area contributed by atoms with E-state index in [9.17, 15) is 0 Å². The lowest BCUT2D eigenvalue weighted by Crippen LogP contribution is -2.38. The molecule has 8 nitrogen and oxygen atoms in total. The van der Waals surface area contributed by atoms with Crippen LogP contribution in [0.1, 0.15) is 18.9 Å². The van der Waals surface area contributed by atoms with Crippen LogP contribution in [0.4, 0.5) is 15.9 Å². The number of hydrogen-bond donors (Lipinski definition) is 0. The van der Waals surface area contributed by atoms with E-state index in [2.05, 4.69) is 34.1 Å². The lowest BCUT2D eigenvalue weighted by molar-refractivity contribution is -0.0648. The van der Waals surface area contributed by atoms with Crippen molar-refractivity contribution in [2.45, 2.75) is 13.3 Å². The summed E-state index contributed by atoms with van der Waals surface area (Å²) in [7, 11) is 1.75. The fourth-order valence-corrected chi connectivity index (χ4v) is 4.29. The van der Waals surface area contributed by atoms with E-state index in [1.165, 1.54) is 12.3 Å². The third-order valence-corrected chi connectivity index (χ3v) is 6.02. The number of fused-ring (bicyclic) bond motifs is 4. The molecular formula is C24H21FN6O2. The molecule has 33 heavy (non-hydrogen) atoms. The summed E-state index contributed by atoms with van der Waals surface area (Å²) in [6, 6.07) is 7.17. The number of pyridine rings is 2. The molecule has 0 atom stereocenters. The molecular weight excluding hydrogens is 423 g/mol. The first-order valence-corrected chi connectivity index (χ1v) is 10.8. The minimum atomic E-state index is -0.397. The Morgan fingerprint density at radius 2 is 2.09 bits per heavy atom. The Morgan fingerprint density at radius 1 is 1.21 bits per heavy atom. The lowest BCUT2D eigenvalue weighted by atomic mass is 9.89. The number of nitrogens with zero attached hydrogens (tertiary/aromatic N) is 6. The summed E-state index contributed by atoms with van der Waals surface area (Å²) in [4.78, 5) is 11.2. The van der Waals surface area contributed by atoms with Crippen LogP contribution in [0.2, 0.25) is 0 Å². The van der Waals surface area contributed by atoms with Crippen molar-refractivity contribution in [1.29, 1.82) is 0 Å². The van der Waals surface area contributed by atoms with Gasteiger partial charge in [0.15, 0.2) is 5.75 Å². The van der Waals surface area contributed by atoms with Gasteiger partial charge in [-0.3, -0.25) is 4.98 Å². The highest BCUT2D eigenvalue weighted by Gasteiger charge is 2.31. The third kappa shape index (κ3) is 3.17. The molecule has 1 fully saturated rings. The van der Waals surface area contributed by atoms with Crippen LogP contribution < -0.4 is 9.64 Å². The minimum Gasteiger partial charge on any atom is -0.490 e. The smallest absolute Gasteiger partial charge is 0.206 e. The Bertz CT molecular complexity index is 1470. The van der Waals surface area contributed by atoms with Crippen LogP contribution >= 0.6 is 0 Å². The van der Waals surface area contributed by atoms with Crippen LogP contribution in [0, 0.1) is 23.1 Å². The van der Waals surface area contributed by atoms with Crippen LogP contribution in [0.5, 0.6) is 5.75 Å². The number of halogens is 1. The zero-order valence-corrected chi connectivity index (χ0v) is 18.3. The molecule has 3 aromatic heterocycles. The highest BCUT2D eigenvalue weighted by Crippen LogP contribution is 2.41. The standard InChI is InChI=1S/C24H21FN6O2/c1-24(13-32-14-24)9-7-15-5-3-6-17-21(15)33-12-4-11-31(17)23-18-16(25)8-10-26-19(18)20-22(27-23)28-29-30(20)2/h3,5-6,8,10H,4,11-14H2,1-2H3.